The summed E-state index contributed by atoms with van der Waals surface area (Å²) in [6.45, 7) is 3.90. The maximum atomic E-state index is 13.1. The molecule has 186 valence electrons. The molecule has 0 unspecified atom stereocenters. The Morgan fingerprint density at radius 2 is 1.69 bits per heavy atom. The lowest BCUT2D eigenvalue weighted by Crippen LogP contribution is -2.49. The summed E-state index contributed by atoms with van der Waals surface area (Å²) in [6, 6.07) is 16.6. The molecule has 9 heteroatoms. The van der Waals surface area contributed by atoms with Crippen LogP contribution in [0.2, 0.25) is 0 Å². The Kier molecular flexibility index (Phi) is 7.31. The van der Waals surface area contributed by atoms with Gasteiger partial charge in [-0.2, -0.15) is 5.06 Å². The number of likely N-dealkylation sites (N-methyl/N-ethyl adjacent to an activating group) is 1. The summed E-state index contributed by atoms with van der Waals surface area (Å²) in [5, 5.41) is 4.17. The van der Waals surface area contributed by atoms with Gasteiger partial charge in [0.15, 0.2) is 5.82 Å². The van der Waals surface area contributed by atoms with E-state index in [0.29, 0.717) is 23.6 Å². The van der Waals surface area contributed by atoms with Gasteiger partial charge >= 0.3 is 0 Å². The summed E-state index contributed by atoms with van der Waals surface area (Å²) >= 11 is 0. The number of hydroxylamine groups is 1. The molecule has 0 spiro atoms. The molecule has 2 aromatic carbocycles. The second-order valence-corrected chi connectivity index (χ2v) is 9.23. The van der Waals surface area contributed by atoms with E-state index in [1.54, 1.807) is 30.5 Å². The van der Waals surface area contributed by atoms with Crippen LogP contribution in [0, 0.1) is 0 Å². The first-order valence-electron chi connectivity index (χ1n) is 12.2. The number of aromatic nitrogens is 2. The van der Waals surface area contributed by atoms with Gasteiger partial charge in [-0.1, -0.05) is 30.3 Å². The number of benzene rings is 2. The zero-order chi connectivity index (χ0) is 24.9. The van der Waals surface area contributed by atoms with Gasteiger partial charge in [0.05, 0.1) is 36.4 Å². The monoisotopic (exact) mass is 486 g/mol. The third-order valence-corrected chi connectivity index (χ3v) is 6.29. The molecule has 2 fully saturated rings. The maximum Gasteiger partial charge on any atom is 0.265 e. The molecule has 0 radical (unpaired) electrons. The molecule has 36 heavy (non-hydrogen) atoms. The summed E-state index contributed by atoms with van der Waals surface area (Å²) in [6.07, 6.45) is 5.14. The van der Waals surface area contributed by atoms with Crippen LogP contribution in [0.15, 0.2) is 67.0 Å². The van der Waals surface area contributed by atoms with E-state index >= 15 is 0 Å². The topological polar surface area (TPSA) is 90.9 Å². The van der Waals surface area contributed by atoms with Gasteiger partial charge in [-0.25, -0.2) is 4.98 Å². The highest BCUT2D eigenvalue weighted by Crippen LogP contribution is 2.28. The Bertz CT molecular complexity index is 1170. The van der Waals surface area contributed by atoms with Crippen LogP contribution in [-0.4, -0.2) is 77.5 Å². The van der Waals surface area contributed by atoms with Crippen LogP contribution in [0.25, 0.3) is 11.3 Å². The van der Waals surface area contributed by atoms with E-state index in [2.05, 4.69) is 32.1 Å². The second-order valence-electron chi connectivity index (χ2n) is 9.23. The summed E-state index contributed by atoms with van der Waals surface area (Å²) in [7, 11) is 2.09. The molecule has 1 saturated heterocycles. The fourth-order valence-corrected chi connectivity index (χ4v) is 3.93. The van der Waals surface area contributed by atoms with Crippen LogP contribution in [-0.2, 0) is 9.63 Å². The minimum atomic E-state index is -0.304. The van der Waals surface area contributed by atoms with Crippen molar-refractivity contribution in [3.8, 4) is 11.3 Å². The van der Waals surface area contributed by atoms with E-state index in [-0.39, 0.29) is 17.9 Å². The average molecular weight is 487 g/mol. The lowest BCUT2D eigenvalue weighted by Gasteiger charge is -2.33. The minimum Gasteiger partial charge on any atom is -0.305 e. The smallest absolute Gasteiger partial charge is 0.265 e. The summed E-state index contributed by atoms with van der Waals surface area (Å²) in [5.41, 5.74) is 2.75. The van der Waals surface area contributed by atoms with Crippen LogP contribution in [0.4, 0.5) is 11.5 Å². The van der Waals surface area contributed by atoms with Crippen LogP contribution in [0.5, 0.6) is 0 Å². The molecule has 1 N–H and O–H groups in total. The highest BCUT2D eigenvalue weighted by Gasteiger charge is 2.30. The molecule has 2 aliphatic rings. The molecule has 0 bridgehead atoms. The third-order valence-electron chi connectivity index (χ3n) is 6.29. The Hall–Kier alpha value is -3.66. The molecule has 0 atom stereocenters. The van der Waals surface area contributed by atoms with Gasteiger partial charge < -0.3 is 10.2 Å². The van der Waals surface area contributed by atoms with E-state index in [1.165, 1.54) is 11.3 Å². The van der Waals surface area contributed by atoms with E-state index in [0.717, 1.165) is 50.3 Å². The maximum absolute atomic E-state index is 13.1. The fraction of sp³-hybridized carbons (Fsp3) is 0.333. The number of hydrogen-bond donors (Lipinski definition) is 1. The van der Waals surface area contributed by atoms with Crippen molar-refractivity contribution in [1.82, 2.24) is 19.8 Å². The van der Waals surface area contributed by atoms with Gasteiger partial charge in [-0.15, -0.1) is 0 Å². The SMILES string of the molecule is CN1CCN(CC(=O)N(OC2CC2)c2ccc(C(=O)Nc3cnc(-c4ccccc4)cn3)cc2)CC1. The molecule has 1 aromatic heterocycles. The van der Waals surface area contributed by atoms with Crippen LogP contribution in [0.1, 0.15) is 23.2 Å². The van der Waals surface area contributed by atoms with Gasteiger partial charge in [0.1, 0.15) is 0 Å². The number of rotatable bonds is 8. The molecule has 1 saturated carbocycles. The summed E-state index contributed by atoms with van der Waals surface area (Å²) < 4.78 is 0. The number of anilines is 2. The standard InChI is InChI=1S/C27H30N6O3/c1-31-13-15-32(16-14-31)19-26(34)33(36-23-11-12-23)22-9-7-21(8-10-22)27(35)30-25-18-28-24(17-29-25)20-5-3-2-4-6-20/h2-10,17-18,23H,11-16,19H2,1H3,(H,29,30,35). The highest BCUT2D eigenvalue weighted by atomic mass is 16.7. The number of carbonyl (C=O) groups excluding carboxylic acids is 2. The van der Waals surface area contributed by atoms with Gasteiger partial charge in [0.2, 0.25) is 0 Å². The number of amides is 2. The molecule has 1 aliphatic carbocycles. The molecular weight excluding hydrogens is 456 g/mol. The number of carbonyl (C=O) groups is 2. The van der Waals surface area contributed by atoms with Crippen LogP contribution < -0.4 is 10.4 Å². The average Bonchev–Trinajstić information content (AvgIpc) is 3.74. The van der Waals surface area contributed by atoms with Crippen molar-refractivity contribution in [1.29, 1.82) is 0 Å². The number of piperazine rings is 1. The van der Waals surface area contributed by atoms with Gasteiger partial charge in [0.25, 0.3) is 11.8 Å². The normalized spacial score (nSPS) is 16.5. The number of nitrogens with zero attached hydrogens (tertiary/aromatic N) is 5. The number of hydrogen-bond acceptors (Lipinski definition) is 7. The zero-order valence-corrected chi connectivity index (χ0v) is 20.3. The van der Waals surface area contributed by atoms with E-state index in [4.69, 9.17) is 4.84 Å². The highest BCUT2D eigenvalue weighted by molar-refractivity contribution is 6.04. The molecular formula is C27H30N6O3. The first kappa shape index (κ1) is 24.1. The lowest BCUT2D eigenvalue weighted by atomic mass is 10.2. The van der Waals surface area contributed by atoms with E-state index in [9.17, 15) is 9.59 Å². The Morgan fingerprint density at radius 3 is 2.33 bits per heavy atom. The molecule has 3 aromatic rings. The van der Waals surface area contributed by atoms with Crippen LogP contribution in [0.3, 0.4) is 0 Å². The van der Waals surface area contributed by atoms with Gasteiger partial charge in [-0.05, 0) is 44.2 Å². The van der Waals surface area contributed by atoms with Crippen molar-refractivity contribution >= 4 is 23.3 Å². The van der Waals surface area contributed by atoms with Crippen molar-refractivity contribution in [2.24, 2.45) is 0 Å². The third kappa shape index (κ3) is 6.12. The van der Waals surface area contributed by atoms with Crippen molar-refractivity contribution in [3.05, 3.63) is 72.6 Å². The van der Waals surface area contributed by atoms with E-state index < -0.39 is 0 Å². The van der Waals surface area contributed by atoms with Crippen molar-refractivity contribution in [2.75, 3.05) is 50.2 Å². The predicted octanol–water partition coefficient (Wildman–Crippen LogP) is 3.07. The van der Waals surface area contributed by atoms with Crippen molar-refractivity contribution in [3.63, 3.8) is 0 Å². The first-order valence-corrected chi connectivity index (χ1v) is 12.2. The molecule has 2 amide bonds. The molecule has 5 rings (SSSR count). The summed E-state index contributed by atoms with van der Waals surface area (Å²) in [4.78, 5) is 44.9. The zero-order valence-electron chi connectivity index (χ0n) is 20.3. The Labute approximate surface area is 210 Å². The van der Waals surface area contributed by atoms with Gasteiger partial charge in [0, 0.05) is 37.3 Å². The second kappa shape index (κ2) is 10.9. The predicted molar refractivity (Wildman–Crippen MR) is 137 cm³/mol. The fourth-order valence-electron chi connectivity index (χ4n) is 3.93. The number of nitrogens with one attached hydrogen (secondary N) is 1. The van der Waals surface area contributed by atoms with Crippen LogP contribution >= 0.6 is 0 Å². The quantitative estimate of drug-likeness (QED) is 0.490. The lowest BCUT2D eigenvalue weighted by molar-refractivity contribution is -0.128. The summed E-state index contributed by atoms with van der Waals surface area (Å²) in [5.74, 6) is -0.0380. The Balaban J connectivity index is 1.22. The largest absolute Gasteiger partial charge is 0.305 e. The van der Waals surface area contributed by atoms with Gasteiger partial charge in [-0.3, -0.25) is 24.3 Å². The molecule has 2 heterocycles. The molecule has 1 aliphatic heterocycles. The first-order chi connectivity index (χ1) is 17.5. The minimum absolute atomic E-state index is 0.0712. The van der Waals surface area contributed by atoms with E-state index in [1.807, 2.05) is 30.3 Å². The Morgan fingerprint density at radius 1 is 0.972 bits per heavy atom. The van der Waals surface area contributed by atoms with Crippen molar-refractivity contribution < 1.29 is 14.4 Å². The molecule has 9 nitrogen and oxygen atoms in total. The van der Waals surface area contributed by atoms with Crippen molar-refractivity contribution in [2.45, 2.75) is 18.9 Å².